The quantitative estimate of drug-likeness (QED) is 0.149. The van der Waals surface area contributed by atoms with Gasteiger partial charge in [0.05, 0.1) is 23.7 Å². The predicted octanol–water partition coefficient (Wildman–Crippen LogP) is 8.29. The normalized spacial score (nSPS) is 11.4. The van der Waals surface area contributed by atoms with Gasteiger partial charge in [-0.15, -0.1) is 0 Å². The molecule has 2 heterocycles. The first-order chi connectivity index (χ1) is 21.8. The molecule has 0 aliphatic heterocycles. The predicted molar refractivity (Wildman–Crippen MR) is 183 cm³/mol. The highest BCUT2D eigenvalue weighted by Gasteiger charge is 2.20. The summed E-state index contributed by atoms with van der Waals surface area (Å²) in [4.78, 5) is 31.0. The highest BCUT2D eigenvalue weighted by Crippen LogP contribution is 2.42. The van der Waals surface area contributed by atoms with E-state index >= 15 is 0 Å². The number of nitrogens with zero attached hydrogens (tertiary/aromatic N) is 3. The van der Waals surface area contributed by atoms with Crippen LogP contribution in [0.15, 0.2) is 108 Å². The molecule has 0 spiro atoms. The fourth-order valence-electron chi connectivity index (χ4n) is 4.59. The van der Waals surface area contributed by atoms with Crippen molar-refractivity contribution in [3.8, 4) is 23.1 Å². The first-order valence-corrected chi connectivity index (χ1v) is 15.7. The van der Waals surface area contributed by atoms with Gasteiger partial charge in [-0.1, -0.05) is 57.9 Å². The van der Waals surface area contributed by atoms with Crippen LogP contribution in [0.5, 0.6) is 11.5 Å². The van der Waals surface area contributed by atoms with Crippen molar-refractivity contribution in [2.75, 3.05) is 18.5 Å². The molecule has 4 aromatic carbocycles. The number of nitrogens with one attached hydrogen (secondary N) is 1. The van der Waals surface area contributed by atoms with E-state index in [0.717, 1.165) is 9.86 Å². The summed E-state index contributed by atoms with van der Waals surface area (Å²) in [6.45, 7) is 1.82. The second kappa shape index (κ2) is 13.3. The number of benzene rings is 4. The summed E-state index contributed by atoms with van der Waals surface area (Å²) < 4.78 is 20.2. The molecule has 0 atom stereocenters. The average Bonchev–Trinajstić information content (AvgIpc) is 3.46. The zero-order chi connectivity index (χ0) is 31.5. The van der Waals surface area contributed by atoms with Crippen molar-refractivity contribution in [2.45, 2.75) is 6.92 Å². The molecule has 1 amide bonds. The Morgan fingerprint density at radius 2 is 1.82 bits per heavy atom. The first-order valence-electron chi connectivity index (χ1n) is 13.7. The minimum absolute atomic E-state index is 0.168. The number of ether oxygens (including phenoxy) is 2. The second-order valence-electron chi connectivity index (χ2n) is 9.66. The Hall–Kier alpha value is -4.45. The molecule has 0 aliphatic rings. The van der Waals surface area contributed by atoms with Gasteiger partial charge in [0.15, 0.2) is 23.9 Å². The number of para-hydroxylation sites is 2. The van der Waals surface area contributed by atoms with Gasteiger partial charge >= 0.3 is 0 Å². The van der Waals surface area contributed by atoms with E-state index in [4.69, 9.17) is 30.5 Å². The number of carbonyl (C=O) groups excluding carboxylic acids is 1. The summed E-state index contributed by atoms with van der Waals surface area (Å²) in [5, 5.41) is 8.70. The number of aromatic nitrogens is 2. The molecule has 0 radical (unpaired) electrons. The molecule has 226 valence electrons. The first kappa shape index (κ1) is 30.6. The Morgan fingerprint density at radius 3 is 2.62 bits per heavy atom. The minimum Gasteiger partial charge on any atom is -0.490 e. The summed E-state index contributed by atoms with van der Waals surface area (Å²) in [6.07, 6.45) is 1.46. The van der Waals surface area contributed by atoms with Crippen LogP contribution in [0.25, 0.3) is 33.5 Å². The lowest BCUT2D eigenvalue weighted by molar-refractivity contribution is -0.118. The maximum absolute atomic E-state index is 13.7. The standard InChI is InChI=1S/C33H23Br2ClN4O5/c1-2-43-26-16-20(29(35)30(36)31(26)44-18-28(41)38-22-8-4-3-5-9-22)17-37-40-32(39-24-11-7-6-10-23(24)33(40)42)27-15-19-14-21(34)12-13-25(19)45-27/h3-17H,2,18H2,1H3,(H,38,41). The number of halogens is 3. The lowest BCUT2D eigenvalue weighted by Crippen LogP contribution is -2.20. The van der Waals surface area contributed by atoms with Gasteiger partial charge in [0.25, 0.3) is 11.5 Å². The maximum atomic E-state index is 13.7. The van der Waals surface area contributed by atoms with Crippen molar-refractivity contribution in [1.82, 2.24) is 9.66 Å². The van der Waals surface area contributed by atoms with Crippen molar-refractivity contribution in [2.24, 2.45) is 5.10 Å². The molecule has 0 fully saturated rings. The second-order valence-corrected chi connectivity index (χ2v) is 11.8. The third kappa shape index (κ3) is 6.51. The van der Waals surface area contributed by atoms with E-state index < -0.39 is 0 Å². The lowest BCUT2D eigenvalue weighted by Gasteiger charge is -2.16. The molecule has 45 heavy (non-hydrogen) atoms. The Bertz CT molecular complexity index is 2150. The van der Waals surface area contributed by atoms with E-state index in [1.807, 2.05) is 55.5 Å². The highest BCUT2D eigenvalue weighted by molar-refractivity contribution is 9.10. The third-order valence-electron chi connectivity index (χ3n) is 6.63. The third-order valence-corrected chi connectivity index (χ3v) is 8.56. The van der Waals surface area contributed by atoms with Crippen molar-refractivity contribution >= 4 is 83.1 Å². The number of rotatable bonds is 9. The number of hydrogen-bond donors (Lipinski definition) is 1. The molecule has 0 aliphatic carbocycles. The zero-order valence-electron chi connectivity index (χ0n) is 23.6. The van der Waals surface area contributed by atoms with Crippen LogP contribution in [0.1, 0.15) is 12.5 Å². The molecule has 6 aromatic rings. The topological polar surface area (TPSA) is 108 Å². The Labute approximate surface area is 278 Å². The van der Waals surface area contributed by atoms with E-state index in [1.54, 1.807) is 36.4 Å². The van der Waals surface area contributed by atoms with Gasteiger partial charge in [0.2, 0.25) is 5.82 Å². The van der Waals surface area contributed by atoms with E-state index in [-0.39, 0.29) is 34.7 Å². The van der Waals surface area contributed by atoms with E-state index in [0.29, 0.717) is 50.3 Å². The summed E-state index contributed by atoms with van der Waals surface area (Å²) >= 11 is 13.7. The molecule has 1 N–H and O–H groups in total. The molecule has 0 bridgehead atoms. The van der Waals surface area contributed by atoms with Gasteiger partial charge in [-0.25, -0.2) is 4.98 Å². The Morgan fingerprint density at radius 1 is 1.04 bits per heavy atom. The summed E-state index contributed by atoms with van der Waals surface area (Å²) in [5.41, 5.74) is 1.89. The average molecular weight is 751 g/mol. The molecule has 0 unspecified atom stereocenters. The van der Waals surface area contributed by atoms with Crippen molar-refractivity contribution in [1.29, 1.82) is 0 Å². The van der Waals surface area contributed by atoms with Gasteiger partial charge in [-0.05, 0) is 77.5 Å². The van der Waals surface area contributed by atoms with E-state index in [2.05, 4.69) is 42.3 Å². The molecular weight excluding hydrogens is 728 g/mol. The van der Waals surface area contributed by atoms with Gasteiger partial charge in [0.1, 0.15) is 10.6 Å². The summed E-state index contributed by atoms with van der Waals surface area (Å²) in [5.74, 6) is 0.706. The molecule has 0 saturated heterocycles. The van der Waals surface area contributed by atoms with E-state index in [9.17, 15) is 9.59 Å². The zero-order valence-corrected chi connectivity index (χ0v) is 27.5. The minimum atomic E-state index is -0.384. The van der Waals surface area contributed by atoms with Gasteiger partial charge in [-0.3, -0.25) is 9.59 Å². The van der Waals surface area contributed by atoms with Crippen LogP contribution in [-0.2, 0) is 4.79 Å². The Kier molecular flexibility index (Phi) is 9.02. The van der Waals surface area contributed by atoms with Crippen LogP contribution in [0, 0.1) is 0 Å². The van der Waals surface area contributed by atoms with Crippen molar-refractivity contribution < 1.29 is 18.7 Å². The van der Waals surface area contributed by atoms with Crippen LogP contribution in [-0.4, -0.2) is 35.0 Å². The monoisotopic (exact) mass is 748 g/mol. The number of fused-ring (bicyclic) bond motifs is 2. The summed E-state index contributed by atoms with van der Waals surface area (Å²) in [7, 11) is 0. The van der Waals surface area contributed by atoms with Gasteiger partial charge in [-0.2, -0.15) is 9.78 Å². The van der Waals surface area contributed by atoms with Gasteiger partial charge in [0, 0.05) is 25.6 Å². The number of anilines is 1. The SMILES string of the molecule is CCOc1cc(C=Nn2c(-c3cc4cc(Br)ccc4o3)nc3ccccc3c2=O)c(Br)c(Cl)c1OCC(=O)Nc1ccccc1. The molecular formula is C33H23Br2ClN4O5. The van der Waals surface area contributed by atoms with Crippen molar-refractivity contribution in [3.63, 3.8) is 0 Å². The maximum Gasteiger partial charge on any atom is 0.282 e. The largest absolute Gasteiger partial charge is 0.490 e. The number of hydrogen-bond acceptors (Lipinski definition) is 7. The highest BCUT2D eigenvalue weighted by atomic mass is 79.9. The number of furan rings is 1. The van der Waals surface area contributed by atoms with Crippen LogP contribution < -0.4 is 20.3 Å². The molecule has 9 nitrogen and oxygen atoms in total. The lowest BCUT2D eigenvalue weighted by atomic mass is 10.2. The van der Waals surface area contributed by atoms with E-state index in [1.165, 1.54) is 10.9 Å². The molecule has 6 rings (SSSR count). The molecule has 2 aromatic heterocycles. The van der Waals surface area contributed by atoms with Gasteiger partial charge < -0.3 is 19.2 Å². The summed E-state index contributed by atoms with van der Waals surface area (Å²) in [6, 6.07) is 25.2. The van der Waals surface area contributed by atoms with Crippen LogP contribution in [0.4, 0.5) is 5.69 Å². The fraction of sp³-hybridized carbons (Fsp3) is 0.0909. The number of amides is 1. The Balaban J connectivity index is 1.37. The van der Waals surface area contributed by atoms with Crippen LogP contribution in [0.2, 0.25) is 5.02 Å². The van der Waals surface area contributed by atoms with Crippen molar-refractivity contribution in [3.05, 3.63) is 115 Å². The van der Waals surface area contributed by atoms with Crippen LogP contribution >= 0.6 is 43.5 Å². The molecule has 12 heteroatoms. The fourth-order valence-corrected chi connectivity index (χ4v) is 5.62. The molecule has 0 saturated carbocycles. The number of carbonyl (C=O) groups is 1. The smallest absolute Gasteiger partial charge is 0.282 e. The van der Waals surface area contributed by atoms with Crippen LogP contribution in [0.3, 0.4) is 0 Å².